The van der Waals surface area contributed by atoms with Gasteiger partial charge in [-0.15, -0.1) is 0 Å². The molecule has 6 heteroatoms. The first-order valence-electron chi connectivity index (χ1n) is 4.34. The number of hydrogen-bond acceptors (Lipinski definition) is 4. The van der Waals surface area contributed by atoms with Crippen molar-refractivity contribution in [2.45, 2.75) is 18.9 Å². The van der Waals surface area contributed by atoms with Gasteiger partial charge >= 0.3 is 5.97 Å². The third-order valence-corrected chi connectivity index (χ3v) is 2.66. The minimum atomic E-state index is -0.975. The maximum absolute atomic E-state index is 10.8. The minimum absolute atomic E-state index is 0.0000306. The highest BCUT2D eigenvalue weighted by molar-refractivity contribution is 7.99. The summed E-state index contributed by atoms with van der Waals surface area (Å²) in [6, 6.07) is -0.789. The van der Waals surface area contributed by atoms with E-state index >= 15 is 0 Å². The number of carbonyl (C=O) groups is 2. The summed E-state index contributed by atoms with van der Waals surface area (Å²) in [4.78, 5) is 21.1. The molecule has 0 aliphatic carbocycles. The summed E-state index contributed by atoms with van der Waals surface area (Å²) < 4.78 is 0. The SMILES string of the molecule is CNC(=O)CCSCCC(N)C(=O)O. The molecule has 0 heterocycles. The molecule has 0 rings (SSSR count). The highest BCUT2D eigenvalue weighted by atomic mass is 32.2. The van der Waals surface area contributed by atoms with Crippen molar-refractivity contribution in [3.05, 3.63) is 0 Å². The molecule has 0 spiro atoms. The lowest BCUT2D eigenvalue weighted by Crippen LogP contribution is -2.30. The first-order valence-corrected chi connectivity index (χ1v) is 5.50. The van der Waals surface area contributed by atoms with Crippen LogP contribution in [0.25, 0.3) is 0 Å². The fourth-order valence-electron chi connectivity index (χ4n) is 0.726. The van der Waals surface area contributed by atoms with Crippen LogP contribution in [-0.2, 0) is 9.59 Å². The maximum Gasteiger partial charge on any atom is 0.320 e. The van der Waals surface area contributed by atoms with E-state index in [4.69, 9.17) is 10.8 Å². The summed E-state index contributed by atoms with van der Waals surface area (Å²) in [5.41, 5.74) is 5.29. The smallest absolute Gasteiger partial charge is 0.320 e. The van der Waals surface area contributed by atoms with E-state index in [1.54, 1.807) is 7.05 Å². The quantitative estimate of drug-likeness (QED) is 0.510. The lowest BCUT2D eigenvalue weighted by molar-refractivity contribution is -0.138. The monoisotopic (exact) mass is 220 g/mol. The Balaban J connectivity index is 3.30. The maximum atomic E-state index is 10.8. The summed E-state index contributed by atoms with van der Waals surface area (Å²) in [7, 11) is 1.59. The predicted octanol–water partition coefficient (Wildman–Crippen LogP) is -0.342. The van der Waals surface area contributed by atoms with Gasteiger partial charge in [0.2, 0.25) is 5.91 Å². The molecular weight excluding hydrogens is 204 g/mol. The topological polar surface area (TPSA) is 92.4 Å². The molecule has 0 fully saturated rings. The number of nitrogens with two attached hydrogens (primary N) is 1. The molecule has 1 amide bonds. The lowest BCUT2D eigenvalue weighted by atomic mass is 10.2. The Labute approximate surface area is 87.4 Å². The van der Waals surface area contributed by atoms with Crippen molar-refractivity contribution in [2.24, 2.45) is 5.73 Å². The van der Waals surface area contributed by atoms with Crippen LogP contribution in [0.4, 0.5) is 0 Å². The van der Waals surface area contributed by atoms with E-state index < -0.39 is 12.0 Å². The molecule has 0 saturated carbocycles. The molecule has 0 bridgehead atoms. The standard InChI is InChI=1S/C8H16N2O3S/c1-10-7(11)3-5-14-4-2-6(9)8(12)13/h6H,2-5,9H2,1H3,(H,10,11)(H,12,13). The van der Waals surface area contributed by atoms with Gasteiger partial charge < -0.3 is 16.2 Å². The van der Waals surface area contributed by atoms with E-state index in [1.807, 2.05) is 0 Å². The van der Waals surface area contributed by atoms with Crippen LogP contribution >= 0.6 is 11.8 Å². The van der Waals surface area contributed by atoms with Crippen LogP contribution < -0.4 is 11.1 Å². The van der Waals surface area contributed by atoms with Gasteiger partial charge in [-0.25, -0.2) is 0 Å². The highest BCUT2D eigenvalue weighted by Gasteiger charge is 2.10. The van der Waals surface area contributed by atoms with Crippen molar-refractivity contribution in [3.63, 3.8) is 0 Å². The fourth-order valence-corrected chi connectivity index (χ4v) is 1.68. The largest absolute Gasteiger partial charge is 0.480 e. The molecule has 0 aliphatic heterocycles. The van der Waals surface area contributed by atoms with Gasteiger partial charge in [0, 0.05) is 19.2 Å². The highest BCUT2D eigenvalue weighted by Crippen LogP contribution is 2.05. The van der Waals surface area contributed by atoms with Gasteiger partial charge in [0.25, 0.3) is 0 Å². The van der Waals surface area contributed by atoms with Crippen molar-refractivity contribution in [1.29, 1.82) is 0 Å². The summed E-state index contributed by atoms with van der Waals surface area (Å²) in [6.07, 6.45) is 0.900. The lowest BCUT2D eigenvalue weighted by Gasteiger charge is -2.05. The third-order valence-electron chi connectivity index (χ3n) is 1.64. The van der Waals surface area contributed by atoms with Gasteiger partial charge in [-0.3, -0.25) is 9.59 Å². The number of amides is 1. The van der Waals surface area contributed by atoms with Crippen molar-refractivity contribution in [1.82, 2.24) is 5.32 Å². The van der Waals surface area contributed by atoms with Crippen molar-refractivity contribution in [3.8, 4) is 0 Å². The van der Waals surface area contributed by atoms with E-state index in [0.717, 1.165) is 0 Å². The summed E-state index contributed by atoms with van der Waals surface area (Å²) in [5, 5.41) is 11.0. The Bertz CT molecular complexity index is 199. The Hall–Kier alpha value is -0.750. The van der Waals surface area contributed by atoms with Crippen LogP contribution in [0.15, 0.2) is 0 Å². The van der Waals surface area contributed by atoms with Crippen LogP contribution in [0.1, 0.15) is 12.8 Å². The summed E-state index contributed by atoms with van der Waals surface area (Å²) >= 11 is 1.54. The average Bonchev–Trinajstić information content (AvgIpc) is 2.16. The number of thioether (sulfide) groups is 1. The number of carboxylic acids is 1. The average molecular weight is 220 g/mol. The Morgan fingerprint density at radius 3 is 2.64 bits per heavy atom. The molecule has 1 atom stereocenters. The van der Waals surface area contributed by atoms with Crippen molar-refractivity contribution in [2.75, 3.05) is 18.6 Å². The van der Waals surface area contributed by atoms with E-state index in [2.05, 4.69) is 5.32 Å². The molecule has 0 aromatic carbocycles. The summed E-state index contributed by atoms with van der Waals surface area (Å²) in [5.74, 6) is 0.396. The van der Waals surface area contributed by atoms with Gasteiger partial charge in [-0.1, -0.05) is 0 Å². The second-order valence-electron chi connectivity index (χ2n) is 2.77. The Kier molecular flexibility index (Phi) is 7.23. The number of hydrogen-bond donors (Lipinski definition) is 3. The zero-order valence-corrected chi connectivity index (χ0v) is 8.97. The third kappa shape index (κ3) is 6.73. The molecule has 0 aromatic heterocycles. The van der Waals surface area contributed by atoms with E-state index in [0.29, 0.717) is 24.3 Å². The Morgan fingerprint density at radius 2 is 2.14 bits per heavy atom. The van der Waals surface area contributed by atoms with Gasteiger partial charge in [0.15, 0.2) is 0 Å². The second kappa shape index (κ2) is 7.64. The first-order chi connectivity index (χ1) is 6.57. The molecule has 0 aliphatic rings. The first kappa shape index (κ1) is 13.2. The number of aliphatic carboxylic acids is 1. The van der Waals surface area contributed by atoms with Crippen LogP contribution in [0, 0.1) is 0 Å². The molecule has 0 saturated heterocycles. The fraction of sp³-hybridized carbons (Fsp3) is 0.750. The van der Waals surface area contributed by atoms with Gasteiger partial charge in [-0.05, 0) is 12.2 Å². The molecule has 5 nitrogen and oxygen atoms in total. The van der Waals surface area contributed by atoms with Gasteiger partial charge in [-0.2, -0.15) is 11.8 Å². The normalized spacial score (nSPS) is 12.1. The molecular formula is C8H16N2O3S. The number of nitrogens with one attached hydrogen (secondary N) is 1. The molecule has 14 heavy (non-hydrogen) atoms. The van der Waals surface area contributed by atoms with E-state index in [1.165, 1.54) is 11.8 Å². The molecule has 0 radical (unpaired) electrons. The zero-order chi connectivity index (χ0) is 11.0. The molecule has 0 aromatic rings. The van der Waals surface area contributed by atoms with E-state index in [9.17, 15) is 9.59 Å². The van der Waals surface area contributed by atoms with Crippen LogP contribution in [-0.4, -0.2) is 41.6 Å². The number of carboxylic acid groups (broad SMARTS) is 1. The van der Waals surface area contributed by atoms with E-state index in [-0.39, 0.29) is 5.91 Å². The number of rotatable bonds is 7. The van der Waals surface area contributed by atoms with Crippen LogP contribution in [0.2, 0.25) is 0 Å². The number of carbonyl (C=O) groups excluding carboxylic acids is 1. The Morgan fingerprint density at radius 1 is 1.50 bits per heavy atom. The zero-order valence-electron chi connectivity index (χ0n) is 8.16. The van der Waals surface area contributed by atoms with Crippen LogP contribution in [0.5, 0.6) is 0 Å². The van der Waals surface area contributed by atoms with Crippen molar-refractivity contribution >= 4 is 23.6 Å². The molecule has 4 N–H and O–H groups in total. The van der Waals surface area contributed by atoms with Crippen LogP contribution in [0.3, 0.4) is 0 Å². The minimum Gasteiger partial charge on any atom is -0.480 e. The van der Waals surface area contributed by atoms with Crippen molar-refractivity contribution < 1.29 is 14.7 Å². The van der Waals surface area contributed by atoms with Gasteiger partial charge in [0.05, 0.1) is 0 Å². The predicted molar refractivity (Wildman–Crippen MR) is 56.2 cm³/mol. The van der Waals surface area contributed by atoms with Gasteiger partial charge in [0.1, 0.15) is 6.04 Å². The molecule has 82 valence electrons. The second-order valence-corrected chi connectivity index (χ2v) is 3.99. The molecule has 1 unspecified atom stereocenters. The summed E-state index contributed by atoms with van der Waals surface area (Å²) in [6.45, 7) is 0.